The zero-order chi connectivity index (χ0) is 20.7. The molecule has 0 aliphatic carbocycles. The Kier molecular flexibility index (Phi) is 7.34. The molecule has 0 saturated carbocycles. The van der Waals surface area contributed by atoms with Crippen molar-refractivity contribution in [2.24, 2.45) is 0 Å². The maximum absolute atomic E-state index is 13.1. The van der Waals surface area contributed by atoms with Gasteiger partial charge in [0.05, 0.1) is 25.1 Å². The van der Waals surface area contributed by atoms with E-state index in [0.29, 0.717) is 18.2 Å². The molecule has 0 spiro atoms. The molecule has 0 bridgehead atoms. The van der Waals surface area contributed by atoms with Gasteiger partial charge in [0.2, 0.25) is 11.8 Å². The van der Waals surface area contributed by atoms with E-state index in [1.807, 2.05) is 0 Å². The number of imide groups is 1. The standard InChI is InChI=1S/C20H20F2N2O4/c1-12(23-11-13-3-5-15(6-4-13)20(27)28-2)19(26)24-18(25)9-14-7-16(21)10-17(22)8-14/h3-8,10,12,23H,9,11H2,1-2H3,(H,24,25,26)/t12-/m0/s1. The van der Waals surface area contributed by atoms with E-state index in [0.717, 1.165) is 17.7 Å². The molecule has 6 nitrogen and oxygen atoms in total. The predicted molar refractivity (Wildman–Crippen MR) is 97.3 cm³/mol. The van der Waals surface area contributed by atoms with Gasteiger partial charge in [0.1, 0.15) is 11.6 Å². The zero-order valence-electron chi connectivity index (χ0n) is 15.4. The van der Waals surface area contributed by atoms with E-state index in [2.05, 4.69) is 15.4 Å². The van der Waals surface area contributed by atoms with Gasteiger partial charge >= 0.3 is 5.97 Å². The summed E-state index contributed by atoms with van der Waals surface area (Å²) in [5.41, 5.74) is 1.37. The Labute approximate surface area is 160 Å². The van der Waals surface area contributed by atoms with Crippen LogP contribution in [0.25, 0.3) is 0 Å². The molecule has 1 atom stereocenters. The van der Waals surface area contributed by atoms with Gasteiger partial charge < -0.3 is 10.1 Å². The van der Waals surface area contributed by atoms with E-state index < -0.39 is 35.5 Å². The fourth-order valence-corrected chi connectivity index (χ4v) is 2.43. The lowest BCUT2D eigenvalue weighted by molar-refractivity contribution is -0.131. The second-order valence-corrected chi connectivity index (χ2v) is 6.16. The van der Waals surface area contributed by atoms with Gasteiger partial charge in [-0.05, 0) is 42.3 Å². The Balaban J connectivity index is 1.83. The molecule has 148 valence electrons. The Hall–Kier alpha value is -3.13. The van der Waals surface area contributed by atoms with Crippen LogP contribution in [0.15, 0.2) is 42.5 Å². The van der Waals surface area contributed by atoms with Crippen LogP contribution < -0.4 is 10.6 Å². The Bertz CT molecular complexity index is 849. The first-order valence-corrected chi connectivity index (χ1v) is 8.48. The van der Waals surface area contributed by atoms with Crippen LogP contribution in [0.4, 0.5) is 8.78 Å². The third-order valence-corrected chi connectivity index (χ3v) is 3.93. The first-order valence-electron chi connectivity index (χ1n) is 8.48. The van der Waals surface area contributed by atoms with Crippen molar-refractivity contribution in [1.29, 1.82) is 0 Å². The maximum Gasteiger partial charge on any atom is 0.337 e. The molecule has 0 unspecified atom stereocenters. The van der Waals surface area contributed by atoms with E-state index in [1.165, 1.54) is 7.11 Å². The number of rotatable bonds is 7. The zero-order valence-corrected chi connectivity index (χ0v) is 15.4. The summed E-state index contributed by atoms with van der Waals surface area (Å²) < 4.78 is 30.9. The number of amides is 2. The summed E-state index contributed by atoms with van der Waals surface area (Å²) in [6.07, 6.45) is -0.317. The number of halogens is 2. The number of nitrogens with one attached hydrogen (secondary N) is 2. The molecule has 0 fully saturated rings. The molecule has 0 heterocycles. The quantitative estimate of drug-likeness (QED) is 0.708. The summed E-state index contributed by atoms with van der Waals surface area (Å²) in [5.74, 6) is -3.24. The number of carbonyl (C=O) groups is 3. The van der Waals surface area contributed by atoms with Crippen LogP contribution >= 0.6 is 0 Å². The molecule has 2 aromatic carbocycles. The third-order valence-electron chi connectivity index (χ3n) is 3.93. The van der Waals surface area contributed by atoms with Crippen molar-refractivity contribution in [2.75, 3.05) is 7.11 Å². The second-order valence-electron chi connectivity index (χ2n) is 6.16. The molecule has 28 heavy (non-hydrogen) atoms. The first-order chi connectivity index (χ1) is 13.3. The summed E-state index contributed by atoms with van der Waals surface area (Å²) in [6.45, 7) is 1.91. The highest BCUT2D eigenvalue weighted by Gasteiger charge is 2.16. The van der Waals surface area contributed by atoms with Crippen LogP contribution in [0.5, 0.6) is 0 Å². The number of ether oxygens (including phenoxy) is 1. The normalized spacial score (nSPS) is 11.6. The molecule has 2 N–H and O–H groups in total. The van der Waals surface area contributed by atoms with E-state index in [4.69, 9.17) is 0 Å². The summed E-state index contributed by atoms with van der Waals surface area (Å²) in [4.78, 5) is 35.4. The highest BCUT2D eigenvalue weighted by Crippen LogP contribution is 2.09. The van der Waals surface area contributed by atoms with Gasteiger partial charge in [0.15, 0.2) is 0 Å². The van der Waals surface area contributed by atoms with Crippen molar-refractivity contribution in [3.05, 3.63) is 70.8 Å². The number of hydrogen-bond acceptors (Lipinski definition) is 5. The fourth-order valence-electron chi connectivity index (χ4n) is 2.43. The van der Waals surface area contributed by atoms with Gasteiger partial charge in [-0.2, -0.15) is 0 Å². The molecule has 0 aromatic heterocycles. The maximum atomic E-state index is 13.1. The average molecular weight is 390 g/mol. The minimum atomic E-state index is -0.789. The predicted octanol–water partition coefficient (Wildman–Crippen LogP) is 2.12. The first kappa shape index (κ1) is 21.2. The Morgan fingerprint density at radius 2 is 1.61 bits per heavy atom. The summed E-state index contributed by atoms with van der Waals surface area (Å²) in [5, 5.41) is 5.14. The Morgan fingerprint density at radius 3 is 2.18 bits per heavy atom. The molecule has 0 radical (unpaired) electrons. The largest absolute Gasteiger partial charge is 0.465 e. The van der Waals surface area contributed by atoms with Crippen molar-refractivity contribution in [1.82, 2.24) is 10.6 Å². The van der Waals surface area contributed by atoms with Crippen LogP contribution in [0.2, 0.25) is 0 Å². The molecule has 2 rings (SSSR count). The van der Waals surface area contributed by atoms with Crippen molar-refractivity contribution >= 4 is 17.8 Å². The molecule has 2 aromatic rings. The van der Waals surface area contributed by atoms with Crippen molar-refractivity contribution in [2.45, 2.75) is 25.9 Å². The highest BCUT2D eigenvalue weighted by atomic mass is 19.1. The van der Waals surface area contributed by atoms with Gasteiger partial charge in [-0.15, -0.1) is 0 Å². The molecular formula is C20H20F2N2O4. The topological polar surface area (TPSA) is 84.5 Å². The van der Waals surface area contributed by atoms with Gasteiger partial charge in [0.25, 0.3) is 0 Å². The lowest BCUT2D eigenvalue weighted by Gasteiger charge is -2.14. The highest BCUT2D eigenvalue weighted by molar-refractivity contribution is 5.98. The minimum absolute atomic E-state index is 0.133. The number of benzene rings is 2. The Morgan fingerprint density at radius 1 is 1.00 bits per heavy atom. The lowest BCUT2D eigenvalue weighted by Crippen LogP contribution is -2.44. The second kappa shape index (κ2) is 9.70. The van der Waals surface area contributed by atoms with Gasteiger partial charge in [0, 0.05) is 12.6 Å². The summed E-state index contributed by atoms with van der Waals surface area (Å²) in [7, 11) is 1.30. The van der Waals surface area contributed by atoms with E-state index in [1.54, 1.807) is 31.2 Å². The van der Waals surface area contributed by atoms with Crippen LogP contribution in [-0.2, 0) is 27.3 Å². The van der Waals surface area contributed by atoms with Crippen molar-refractivity contribution < 1.29 is 27.9 Å². The number of carbonyl (C=O) groups excluding carboxylic acids is 3. The SMILES string of the molecule is COC(=O)c1ccc(CN[C@@H](C)C(=O)NC(=O)Cc2cc(F)cc(F)c2)cc1. The molecule has 0 saturated heterocycles. The lowest BCUT2D eigenvalue weighted by atomic mass is 10.1. The molecule has 2 amide bonds. The van der Waals surface area contributed by atoms with E-state index in [-0.39, 0.29) is 12.0 Å². The van der Waals surface area contributed by atoms with E-state index >= 15 is 0 Å². The van der Waals surface area contributed by atoms with Crippen molar-refractivity contribution in [3.63, 3.8) is 0 Å². The molecule has 0 aliphatic rings. The van der Waals surface area contributed by atoms with Gasteiger partial charge in [-0.25, -0.2) is 13.6 Å². The van der Waals surface area contributed by atoms with Crippen LogP contribution in [0, 0.1) is 11.6 Å². The van der Waals surface area contributed by atoms with Gasteiger partial charge in [-0.3, -0.25) is 14.9 Å². The van der Waals surface area contributed by atoms with Crippen LogP contribution in [0.1, 0.15) is 28.4 Å². The minimum Gasteiger partial charge on any atom is -0.465 e. The number of esters is 1. The summed E-state index contributed by atoms with van der Waals surface area (Å²) >= 11 is 0. The number of methoxy groups -OCH3 is 1. The fraction of sp³-hybridized carbons (Fsp3) is 0.250. The molecule has 8 heteroatoms. The summed E-state index contributed by atoms with van der Waals surface area (Å²) in [6, 6.07) is 8.73. The van der Waals surface area contributed by atoms with Crippen molar-refractivity contribution in [3.8, 4) is 0 Å². The van der Waals surface area contributed by atoms with Gasteiger partial charge in [-0.1, -0.05) is 12.1 Å². The third kappa shape index (κ3) is 6.24. The van der Waals surface area contributed by atoms with E-state index in [9.17, 15) is 23.2 Å². The molecule has 0 aliphatic heterocycles. The smallest absolute Gasteiger partial charge is 0.337 e. The molecular weight excluding hydrogens is 370 g/mol. The average Bonchev–Trinajstić information content (AvgIpc) is 2.64. The monoisotopic (exact) mass is 390 g/mol. The number of hydrogen-bond donors (Lipinski definition) is 2. The van der Waals surface area contributed by atoms with Crippen LogP contribution in [-0.4, -0.2) is 30.9 Å². The van der Waals surface area contributed by atoms with Crippen LogP contribution in [0.3, 0.4) is 0 Å².